The van der Waals surface area contributed by atoms with Crippen LogP contribution in [0, 0.1) is 5.92 Å². The number of aromatic nitrogens is 3. The molecule has 0 spiro atoms. The van der Waals surface area contributed by atoms with Crippen molar-refractivity contribution in [2.24, 2.45) is 5.92 Å². The molecule has 11 heteroatoms. The van der Waals surface area contributed by atoms with Gasteiger partial charge in [0.2, 0.25) is 0 Å². The van der Waals surface area contributed by atoms with Gasteiger partial charge in [0.05, 0.1) is 28.9 Å². The summed E-state index contributed by atoms with van der Waals surface area (Å²) in [6.07, 6.45) is -4.47. The lowest BCUT2D eigenvalue weighted by molar-refractivity contribution is -0.138. The van der Waals surface area contributed by atoms with Crippen molar-refractivity contribution < 1.29 is 26.3 Å². The predicted molar refractivity (Wildman–Crippen MR) is 141 cm³/mol. The standard InChI is InChI=1S/C29H27F6N5/c1-2-14-40(16-18-5-6-18)17-25-38-24-15-19(26-23(29(33,34)35)4-3-13-36-26)7-12-22(24)27(39-25)37-21-10-8-20(9-11-21)28(30,31)32/h3-4,7-13,15,18H,2,5-6,14,16-17H2,1H3,(H,37,38,39). The molecule has 1 N–H and O–H groups in total. The fourth-order valence-corrected chi connectivity index (χ4v) is 4.65. The third-order valence-electron chi connectivity index (χ3n) is 6.72. The van der Waals surface area contributed by atoms with Crippen molar-refractivity contribution >= 4 is 22.4 Å². The number of hydrogen-bond acceptors (Lipinski definition) is 5. The predicted octanol–water partition coefficient (Wildman–Crippen LogP) is 8.10. The molecule has 1 aliphatic carbocycles. The maximum atomic E-state index is 13.7. The van der Waals surface area contributed by atoms with E-state index in [2.05, 4.69) is 22.1 Å². The third-order valence-corrected chi connectivity index (χ3v) is 6.72. The monoisotopic (exact) mass is 559 g/mol. The van der Waals surface area contributed by atoms with Gasteiger partial charge in [-0.2, -0.15) is 26.3 Å². The second-order valence-electron chi connectivity index (χ2n) is 10.00. The summed E-state index contributed by atoms with van der Waals surface area (Å²) >= 11 is 0. The first kappa shape index (κ1) is 27.8. The van der Waals surface area contributed by atoms with Crippen LogP contribution in [0.5, 0.6) is 0 Å². The Morgan fingerprint density at radius 3 is 2.33 bits per heavy atom. The number of pyridine rings is 1. The van der Waals surface area contributed by atoms with Crippen molar-refractivity contribution in [3.8, 4) is 11.3 Å². The van der Waals surface area contributed by atoms with Gasteiger partial charge in [0, 0.05) is 29.4 Å². The van der Waals surface area contributed by atoms with Gasteiger partial charge in [0.15, 0.2) is 0 Å². The second-order valence-corrected chi connectivity index (χ2v) is 10.00. The third kappa shape index (κ3) is 6.52. The first-order valence-electron chi connectivity index (χ1n) is 13.0. The molecule has 0 unspecified atom stereocenters. The molecule has 0 amide bonds. The van der Waals surface area contributed by atoms with Gasteiger partial charge in [0.1, 0.15) is 11.6 Å². The van der Waals surface area contributed by atoms with Crippen molar-refractivity contribution in [2.45, 2.75) is 45.1 Å². The first-order chi connectivity index (χ1) is 19.0. The van der Waals surface area contributed by atoms with E-state index in [1.807, 2.05) is 0 Å². The van der Waals surface area contributed by atoms with Crippen LogP contribution in [-0.2, 0) is 18.9 Å². The van der Waals surface area contributed by atoms with Gasteiger partial charge in [-0.3, -0.25) is 9.88 Å². The minimum absolute atomic E-state index is 0.212. The highest BCUT2D eigenvalue weighted by Gasteiger charge is 2.34. The number of nitrogens with zero attached hydrogens (tertiary/aromatic N) is 4. The van der Waals surface area contributed by atoms with E-state index in [0.29, 0.717) is 40.7 Å². The Kier molecular flexibility index (Phi) is 7.67. The van der Waals surface area contributed by atoms with E-state index in [1.165, 1.54) is 43.3 Å². The fraction of sp³-hybridized carbons (Fsp3) is 0.345. The molecule has 0 bridgehead atoms. The summed E-state index contributed by atoms with van der Waals surface area (Å²) in [7, 11) is 0. The number of rotatable bonds is 9. The summed E-state index contributed by atoms with van der Waals surface area (Å²) in [5, 5.41) is 3.60. The van der Waals surface area contributed by atoms with Crippen LogP contribution in [0.1, 0.15) is 43.1 Å². The lowest BCUT2D eigenvalue weighted by Gasteiger charge is -2.21. The van der Waals surface area contributed by atoms with Gasteiger partial charge in [-0.05, 0) is 80.3 Å². The number of fused-ring (bicyclic) bond motifs is 1. The van der Waals surface area contributed by atoms with E-state index in [1.54, 1.807) is 12.1 Å². The van der Waals surface area contributed by atoms with Crippen LogP contribution >= 0.6 is 0 Å². The zero-order valence-electron chi connectivity index (χ0n) is 21.7. The van der Waals surface area contributed by atoms with Crippen LogP contribution in [0.2, 0.25) is 0 Å². The molecule has 1 aliphatic rings. The number of benzene rings is 2. The normalized spacial score (nSPS) is 14.2. The Morgan fingerprint density at radius 2 is 1.68 bits per heavy atom. The van der Waals surface area contributed by atoms with Gasteiger partial charge in [-0.15, -0.1) is 0 Å². The summed E-state index contributed by atoms with van der Waals surface area (Å²) in [5.74, 6) is 1.45. The Hall–Kier alpha value is -3.73. The lowest BCUT2D eigenvalue weighted by atomic mass is 10.0. The zero-order valence-corrected chi connectivity index (χ0v) is 21.7. The Labute approximate surface area is 227 Å². The highest BCUT2D eigenvalue weighted by atomic mass is 19.4. The second kappa shape index (κ2) is 11.0. The Balaban J connectivity index is 1.56. The molecule has 5 nitrogen and oxygen atoms in total. The SMILES string of the molecule is CCCN(Cc1nc(Nc2ccc(C(F)(F)F)cc2)c2ccc(-c3ncccc3C(F)(F)F)cc2n1)CC1CC1. The molecule has 1 fully saturated rings. The van der Waals surface area contributed by atoms with Crippen LogP contribution < -0.4 is 5.32 Å². The lowest BCUT2D eigenvalue weighted by Crippen LogP contribution is -2.27. The van der Waals surface area contributed by atoms with Crippen molar-refractivity contribution in [2.75, 3.05) is 18.4 Å². The minimum atomic E-state index is -4.59. The van der Waals surface area contributed by atoms with Gasteiger partial charge in [0.25, 0.3) is 0 Å². The van der Waals surface area contributed by atoms with E-state index in [0.717, 1.165) is 37.7 Å². The first-order valence-corrected chi connectivity index (χ1v) is 13.0. The molecule has 0 radical (unpaired) electrons. The topological polar surface area (TPSA) is 53.9 Å². The van der Waals surface area contributed by atoms with Gasteiger partial charge in [-0.25, -0.2) is 9.97 Å². The van der Waals surface area contributed by atoms with Gasteiger partial charge >= 0.3 is 12.4 Å². The van der Waals surface area contributed by atoms with E-state index in [-0.39, 0.29) is 11.3 Å². The van der Waals surface area contributed by atoms with Gasteiger partial charge in [-0.1, -0.05) is 13.0 Å². The van der Waals surface area contributed by atoms with Crippen molar-refractivity contribution in [1.29, 1.82) is 0 Å². The molecule has 2 aromatic heterocycles. The van der Waals surface area contributed by atoms with Gasteiger partial charge < -0.3 is 5.32 Å². The summed E-state index contributed by atoms with van der Waals surface area (Å²) in [6, 6.07) is 11.4. The number of halogens is 6. The average molecular weight is 560 g/mol. The molecule has 210 valence electrons. The largest absolute Gasteiger partial charge is 0.418 e. The van der Waals surface area contributed by atoms with E-state index >= 15 is 0 Å². The Morgan fingerprint density at radius 1 is 0.925 bits per heavy atom. The number of alkyl halides is 6. The molecule has 5 rings (SSSR count). The van der Waals surface area contributed by atoms with Crippen LogP contribution in [0.4, 0.5) is 37.8 Å². The van der Waals surface area contributed by atoms with Crippen LogP contribution in [0.25, 0.3) is 22.2 Å². The number of hydrogen-bond donors (Lipinski definition) is 1. The number of anilines is 2. The van der Waals surface area contributed by atoms with Crippen LogP contribution in [0.3, 0.4) is 0 Å². The van der Waals surface area contributed by atoms with Crippen molar-refractivity contribution in [1.82, 2.24) is 19.9 Å². The zero-order chi connectivity index (χ0) is 28.5. The highest BCUT2D eigenvalue weighted by molar-refractivity contribution is 5.93. The summed E-state index contributed by atoms with van der Waals surface area (Å²) < 4.78 is 80.2. The van der Waals surface area contributed by atoms with E-state index in [4.69, 9.17) is 9.97 Å². The molecule has 2 heterocycles. The summed E-state index contributed by atoms with van der Waals surface area (Å²) in [4.78, 5) is 15.6. The average Bonchev–Trinajstić information content (AvgIpc) is 3.72. The van der Waals surface area contributed by atoms with E-state index < -0.39 is 23.5 Å². The van der Waals surface area contributed by atoms with Crippen LogP contribution in [-0.4, -0.2) is 32.9 Å². The maximum Gasteiger partial charge on any atom is 0.418 e. The molecule has 40 heavy (non-hydrogen) atoms. The molecule has 0 atom stereocenters. The molecule has 0 saturated heterocycles. The molecular formula is C29H27F6N5. The molecular weight excluding hydrogens is 532 g/mol. The molecule has 0 aliphatic heterocycles. The maximum absolute atomic E-state index is 13.7. The van der Waals surface area contributed by atoms with Crippen LogP contribution in [0.15, 0.2) is 60.8 Å². The van der Waals surface area contributed by atoms with Crippen molar-refractivity contribution in [3.63, 3.8) is 0 Å². The number of nitrogens with one attached hydrogen (secondary N) is 1. The smallest absolute Gasteiger partial charge is 0.340 e. The molecule has 1 saturated carbocycles. The highest BCUT2D eigenvalue weighted by Crippen LogP contribution is 2.37. The fourth-order valence-electron chi connectivity index (χ4n) is 4.65. The Bertz CT molecular complexity index is 1480. The molecule has 4 aromatic rings. The quantitative estimate of drug-likeness (QED) is 0.210. The summed E-state index contributed by atoms with van der Waals surface area (Å²) in [6.45, 7) is 4.25. The minimum Gasteiger partial charge on any atom is -0.340 e. The molecule has 2 aromatic carbocycles. The van der Waals surface area contributed by atoms with Crippen molar-refractivity contribution in [3.05, 3.63) is 77.7 Å². The van der Waals surface area contributed by atoms with E-state index in [9.17, 15) is 26.3 Å². The summed E-state index contributed by atoms with van der Waals surface area (Å²) in [5.41, 5.74) is -0.814.